The number of benzene rings is 1. The Hall–Kier alpha value is -0.700. The lowest BCUT2D eigenvalue weighted by Gasteiger charge is -2.30. The van der Waals surface area contributed by atoms with Crippen molar-refractivity contribution in [2.75, 3.05) is 0 Å². The Balaban J connectivity index is 2.20. The van der Waals surface area contributed by atoms with Crippen LogP contribution in [0.4, 0.5) is 4.39 Å². The molecule has 0 heterocycles. The van der Waals surface area contributed by atoms with E-state index in [1.807, 2.05) is 0 Å². The summed E-state index contributed by atoms with van der Waals surface area (Å²) in [5.41, 5.74) is 0.240. The molecule has 0 saturated heterocycles. The zero-order valence-corrected chi connectivity index (χ0v) is 12.3. The Morgan fingerprint density at radius 2 is 1.83 bits per heavy atom. The summed E-state index contributed by atoms with van der Waals surface area (Å²) in [6.45, 7) is 4.35. The Morgan fingerprint density at radius 1 is 1.22 bits per heavy atom. The molecule has 0 aromatic heterocycles. The van der Waals surface area contributed by atoms with Crippen molar-refractivity contribution in [2.24, 2.45) is 17.8 Å². The number of carbonyl (C=O) groups is 1. The van der Waals surface area contributed by atoms with Gasteiger partial charge >= 0.3 is 0 Å². The fraction of sp³-hybridized carbons (Fsp3) is 0.533. The number of hydrogen-bond donors (Lipinski definition) is 0. The number of carbonyl (C=O) groups excluding carboxylic acids is 1. The SMILES string of the molecule is CC1CC(C)CC(C(=O)c2ccc(Br)cc2F)C1. The molecule has 1 aromatic rings. The summed E-state index contributed by atoms with van der Waals surface area (Å²) in [5.74, 6) is 0.653. The van der Waals surface area contributed by atoms with Crippen molar-refractivity contribution in [3.63, 3.8) is 0 Å². The minimum absolute atomic E-state index is 0.0144. The molecule has 0 N–H and O–H groups in total. The minimum Gasteiger partial charge on any atom is -0.294 e. The molecule has 0 bridgehead atoms. The summed E-state index contributed by atoms with van der Waals surface area (Å²) in [7, 11) is 0. The summed E-state index contributed by atoms with van der Waals surface area (Å²) < 4.78 is 14.5. The molecule has 0 spiro atoms. The summed E-state index contributed by atoms with van der Waals surface area (Å²) >= 11 is 3.21. The van der Waals surface area contributed by atoms with Crippen molar-refractivity contribution in [1.82, 2.24) is 0 Å². The molecule has 0 radical (unpaired) electrons. The van der Waals surface area contributed by atoms with E-state index < -0.39 is 5.82 Å². The molecule has 18 heavy (non-hydrogen) atoms. The van der Waals surface area contributed by atoms with Gasteiger partial charge in [0.2, 0.25) is 0 Å². The first-order valence-corrected chi connectivity index (χ1v) is 7.26. The molecule has 1 aromatic carbocycles. The van der Waals surface area contributed by atoms with Gasteiger partial charge in [0, 0.05) is 10.4 Å². The second-order valence-electron chi connectivity index (χ2n) is 5.60. The van der Waals surface area contributed by atoms with Crippen LogP contribution in [0, 0.1) is 23.6 Å². The molecule has 0 amide bonds. The molecule has 2 unspecified atom stereocenters. The van der Waals surface area contributed by atoms with Crippen LogP contribution in [0.25, 0.3) is 0 Å². The maximum absolute atomic E-state index is 13.8. The van der Waals surface area contributed by atoms with Crippen LogP contribution in [0.3, 0.4) is 0 Å². The van der Waals surface area contributed by atoms with Gasteiger partial charge in [0.05, 0.1) is 5.56 Å². The highest BCUT2D eigenvalue weighted by Crippen LogP contribution is 2.35. The molecular formula is C15H18BrFO. The van der Waals surface area contributed by atoms with Crippen LogP contribution in [-0.4, -0.2) is 5.78 Å². The molecule has 2 atom stereocenters. The standard InChI is InChI=1S/C15H18BrFO/c1-9-5-10(2)7-11(6-9)15(18)13-4-3-12(16)8-14(13)17/h3-4,8-11H,5-7H2,1-2H3. The second kappa shape index (κ2) is 5.52. The van der Waals surface area contributed by atoms with Gasteiger partial charge in [0.1, 0.15) is 5.82 Å². The summed E-state index contributed by atoms with van der Waals surface area (Å²) in [4.78, 5) is 12.4. The van der Waals surface area contributed by atoms with Crippen LogP contribution >= 0.6 is 15.9 Å². The van der Waals surface area contributed by atoms with E-state index in [4.69, 9.17) is 0 Å². The quantitative estimate of drug-likeness (QED) is 0.714. The maximum atomic E-state index is 13.8. The molecule has 1 fully saturated rings. The number of rotatable bonds is 2. The van der Waals surface area contributed by atoms with Gasteiger partial charge < -0.3 is 0 Å². The van der Waals surface area contributed by atoms with Gasteiger partial charge in [-0.2, -0.15) is 0 Å². The number of hydrogen-bond acceptors (Lipinski definition) is 1. The van der Waals surface area contributed by atoms with Gasteiger partial charge in [0.25, 0.3) is 0 Å². The molecule has 1 aliphatic rings. The number of Topliss-reactive ketones (excluding diaryl/α,β-unsaturated/α-hetero) is 1. The minimum atomic E-state index is -0.416. The zero-order valence-electron chi connectivity index (χ0n) is 10.7. The molecule has 1 aliphatic carbocycles. The van der Waals surface area contributed by atoms with Crippen molar-refractivity contribution in [3.05, 3.63) is 34.1 Å². The number of ketones is 1. The van der Waals surface area contributed by atoms with Gasteiger partial charge in [-0.15, -0.1) is 0 Å². The third-order valence-electron chi connectivity index (χ3n) is 3.75. The predicted molar refractivity (Wildman–Crippen MR) is 74.1 cm³/mol. The van der Waals surface area contributed by atoms with Gasteiger partial charge in [-0.3, -0.25) is 4.79 Å². The van der Waals surface area contributed by atoms with Crippen LogP contribution < -0.4 is 0 Å². The fourth-order valence-electron chi connectivity index (χ4n) is 3.07. The normalized spacial score (nSPS) is 28.1. The van der Waals surface area contributed by atoms with Crippen molar-refractivity contribution in [3.8, 4) is 0 Å². The highest BCUT2D eigenvalue weighted by Gasteiger charge is 2.30. The van der Waals surface area contributed by atoms with Crippen molar-refractivity contribution < 1.29 is 9.18 Å². The largest absolute Gasteiger partial charge is 0.294 e. The molecule has 0 aliphatic heterocycles. The first-order chi connectivity index (χ1) is 8.47. The van der Waals surface area contributed by atoms with E-state index in [-0.39, 0.29) is 17.3 Å². The average Bonchev–Trinajstić information content (AvgIpc) is 2.26. The summed E-state index contributed by atoms with van der Waals surface area (Å²) in [6, 6.07) is 4.68. The lowest BCUT2D eigenvalue weighted by Crippen LogP contribution is -2.26. The number of halogens is 2. The predicted octanol–water partition coefficient (Wildman–Crippen LogP) is 4.84. The zero-order chi connectivity index (χ0) is 13.3. The van der Waals surface area contributed by atoms with Crippen LogP contribution in [0.1, 0.15) is 43.5 Å². The first kappa shape index (κ1) is 13.7. The average molecular weight is 313 g/mol. The van der Waals surface area contributed by atoms with Crippen molar-refractivity contribution in [2.45, 2.75) is 33.1 Å². The third kappa shape index (κ3) is 3.00. The lowest BCUT2D eigenvalue weighted by atomic mass is 9.74. The smallest absolute Gasteiger partial charge is 0.168 e. The second-order valence-corrected chi connectivity index (χ2v) is 6.52. The highest BCUT2D eigenvalue weighted by atomic mass is 79.9. The Morgan fingerprint density at radius 3 is 2.39 bits per heavy atom. The van der Waals surface area contributed by atoms with Crippen LogP contribution in [-0.2, 0) is 0 Å². The van der Waals surface area contributed by atoms with E-state index in [1.165, 1.54) is 12.5 Å². The monoisotopic (exact) mass is 312 g/mol. The molecule has 2 rings (SSSR count). The fourth-order valence-corrected chi connectivity index (χ4v) is 3.40. The Kier molecular flexibility index (Phi) is 4.21. The highest BCUT2D eigenvalue weighted by molar-refractivity contribution is 9.10. The van der Waals surface area contributed by atoms with Gasteiger partial charge in [-0.1, -0.05) is 29.8 Å². The van der Waals surface area contributed by atoms with E-state index in [0.29, 0.717) is 16.3 Å². The van der Waals surface area contributed by atoms with Crippen molar-refractivity contribution >= 4 is 21.7 Å². The first-order valence-electron chi connectivity index (χ1n) is 6.46. The van der Waals surface area contributed by atoms with Crippen LogP contribution in [0.15, 0.2) is 22.7 Å². The molecular weight excluding hydrogens is 295 g/mol. The lowest BCUT2D eigenvalue weighted by molar-refractivity contribution is 0.0832. The Labute approximate surface area is 116 Å². The van der Waals surface area contributed by atoms with E-state index in [0.717, 1.165) is 12.8 Å². The van der Waals surface area contributed by atoms with E-state index in [1.54, 1.807) is 12.1 Å². The summed E-state index contributed by atoms with van der Waals surface area (Å²) in [6.07, 6.45) is 2.95. The topological polar surface area (TPSA) is 17.1 Å². The van der Waals surface area contributed by atoms with Gasteiger partial charge in [-0.05, 0) is 49.3 Å². The van der Waals surface area contributed by atoms with E-state index in [2.05, 4.69) is 29.8 Å². The summed E-state index contributed by atoms with van der Waals surface area (Å²) in [5, 5.41) is 0. The van der Waals surface area contributed by atoms with Gasteiger partial charge in [-0.25, -0.2) is 4.39 Å². The maximum Gasteiger partial charge on any atom is 0.168 e. The molecule has 1 saturated carbocycles. The van der Waals surface area contributed by atoms with Crippen LogP contribution in [0.2, 0.25) is 0 Å². The molecule has 1 nitrogen and oxygen atoms in total. The Bertz CT molecular complexity index is 448. The van der Waals surface area contributed by atoms with Crippen molar-refractivity contribution in [1.29, 1.82) is 0 Å². The van der Waals surface area contributed by atoms with E-state index >= 15 is 0 Å². The third-order valence-corrected chi connectivity index (χ3v) is 4.24. The van der Waals surface area contributed by atoms with Crippen LogP contribution in [0.5, 0.6) is 0 Å². The van der Waals surface area contributed by atoms with E-state index in [9.17, 15) is 9.18 Å². The van der Waals surface area contributed by atoms with Gasteiger partial charge in [0.15, 0.2) is 5.78 Å². The molecule has 3 heteroatoms. The molecule has 98 valence electrons.